The van der Waals surface area contributed by atoms with Crippen molar-refractivity contribution >= 4 is 26.8 Å². The van der Waals surface area contributed by atoms with Gasteiger partial charge in [-0.25, -0.2) is 15.0 Å². The molecule has 26 heavy (non-hydrogen) atoms. The molecule has 0 aliphatic carbocycles. The van der Waals surface area contributed by atoms with E-state index in [1.54, 1.807) is 0 Å². The molecule has 2 aromatic rings. The predicted molar refractivity (Wildman–Crippen MR) is 97.3 cm³/mol. The SMILES string of the molecule is COc1c(C(F)(F)F)ncc2[nH]c(C(=O)NC3CCS(C)(C)CC3)cc12. The maximum absolute atomic E-state index is 13.1. The van der Waals surface area contributed by atoms with Gasteiger partial charge in [0.15, 0.2) is 11.4 Å². The third-order valence-electron chi connectivity index (χ3n) is 4.72. The molecule has 0 atom stereocenters. The van der Waals surface area contributed by atoms with Crippen LogP contribution in [0.25, 0.3) is 10.9 Å². The monoisotopic (exact) mass is 389 g/mol. The Labute approximate surface area is 151 Å². The van der Waals surface area contributed by atoms with Gasteiger partial charge in [0.25, 0.3) is 5.91 Å². The van der Waals surface area contributed by atoms with Crippen LogP contribution in [0, 0.1) is 0 Å². The van der Waals surface area contributed by atoms with E-state index in [0.717, 1.165) is 37.7 Å². The second-order valence-corrected chi connectivity index (χ2v) is 11.4. The molecule has 0 radical (unpaired) electrons. The van der Waals surface area contributed by atoms with E-state index in [1.807, 2.05) is 0 Å². The number of hydrogen-bond acceptors (Lipinski definition) is 3. The summed E-state index contributed by atoms with van der Waals surface area (Å²) in [5.41, 5.74) is -0.568. The van der Waals surface area contributed by atoms with E-state index in [1.165, 1.54) is 6.07 Å². The molecule has 1 aliphatic rings. The summed E-state index contributed by atoms with van der Waals surface area (Å²) in [6.07, 6.45) is 2.88. The summed E-state index contributed by atoms with van der Waals surface area (Å²) >= 11 is 0. The zero-order valence-corrected chi connectivity index (χ0v) is 15.7. The normalized spacial score (nSPS) is 19.3. The van der Waals surface area contributed by atoms with Gasteiger partial charge in [0.1, 0.15) is 5.69 Å². The number of methoxy groups -OCH3 is 1. The number of amides is 1. The fourth-order valence-corrected chi connectivity index (χ4v) is 5.23. The number of halogens is 3. The number of aromatic amines is 1. The molecule has 5 nitrogen and oxygen atoms in total. The van der Waals surface area contributed by atoms with Crippen molar-refractivity contribution in [3.63, 3.8) is 0 Å². The molecule has 0 aromatic carbocycles. The third kappa shape index (κ3) is 3.77. The van der Waals surface area contributed by atoms with Crippen LogP contribution in [0.1, 0.15) is 29.0 Å². The zero-order chi connectivity index (χ0) is 19.1. The van der Waals surface area contributed by atoms with Gasteiger partial charge in [-0.3, -0.25) is 4.79 Å². The lowest BCUT2D eigenvalue weighted by atomic mass is 10.1. The minimum absolute atomic E-state index is 0.0974. The first-order valence-electron chi connectivity index (χ1n) is 8.23. The molecule has 3 heterocycles. The van der Waals surface area contributed by atoms with Crippen molar-refractivity contribution in [1.82, 2.24) is 15.3 Å². The first kappa shape index (κ1) is 18.9. The van der Waals surface area contributed by atoms with Crippen LogP contribution in [0.3, 0.4) is 0 Å². The van der Waals surface area contributed by atoms with Crippen molar-refractivity contribution in [3.05, 3.63) is 23.7 Å². The number of pyridine rings is 1. The fourth-order valence-electron chi connectivity index (χ4n) is 3.18. The Balaban J connectivity index is 1.84. The number of nitrogens with one attached hydrogen (secondary N) is 2. The molecule has 0 spiro atoms. The molecule has 0 unspecified atom stereocenters. The number of hydrogen-bond donors (Lipinski definition) is 2. The van der Waals surface area contributed by atoms with Gasteiger partial charge in [-0.1, -0.05) is 0 Å². The molecule has 1 fully saturated rings. The lowest BCUT2D eigenvalue weighted by molar-refractivity contribution is -0.142. The fraction of sp³-hybridized carbons (Fsp3) is 0.529. The highest BCUT2D eigenvalue weighted by Gasteiger charge is 2.37. The average molecular weight is 389 g/mol. The highest BCUT2D eigenvalue weighted by atomic mass is 32.3. The number of aromatic nitrogens is 2. The van der Waals surface area contributed by atoms with Gasteiger partial charge >= 0.3 is 6.18 Å². The Morgan fingerprint density at radius 2 is 2.00 bits per heavy atom. The minimum atomic E-state index is -4.63. The van der Waals surface area contributed by atoms with Crippen LogP contribution >= 0.6 is 10.0 Å². The first-order valence-corrected chi connectivity index (χ1v) is 11.0. The maximum Gasteiger partial charge on any atom is 0.437 e. The van der Waals surface area contributed by atoms with Crippen molar-refractivity contribution in [2.75, 3.05) is 31.1 Å². The van der Waals surface area contributed by atoms with E-state index in [-0.39, 0.29) is 28.8 Å². The largest absolute Gasteiger partial charge is 0.494 e. The Morgan fingerprint density at radius 1 is 1.35 bits per heavy atom. The second-order valence-electron chi connectivity index (χ2n) is 7.07. The van der Waals surface area contributed by atoms with Gasteiger partial charge in [0.2, 0.25) is 0 Å². The van der Waals surface area contributed by atoms with E-state index in [2.05, 4.69) is 27.8 Å². The molecule has 2 N–H and O–H groups in total. The average Bonchev–Trinajstić information content (AvgIpc) is 2.99. The van der Waals surface area contributed by atoms with Crippen LogP contribution in [0.4, 0.5) is 13.2 Å². The number of nitrogens with zero attached hydrogens (tertiary/aromatic N) is 1. The molecular formula is C17H22F3N3O2S. The highest BCUT2D eigenvalue weighted by Crippen LogP contribution is 2.45. The van der Waals surface area contributed by atoms with Crippen molar-refractivity contribution in [3.8, 4) is 5.75 Å². The highest BCUT2D eigenvalue weighted by molar-refractivity contribution is 8.32. The Kier molecular flexibility index (Phi) is 4.85. The van der Waals surface area contributed by atoms with Crippen molar-refractivity contribution < 1.29 is 22.7 Å². The van der Waals surface area contributed by atoms with Crippen LogP contribution in [-0.2, 0) is 6.18 Å². The van der Waals surface area contributed by atoms with Gasteiger partial charge in [0, 0.05) is 11.4 Å². The molecule has 1 amide bonds. The van der Waals surface area contributed by atoms with E-state index < -0.39 is 21.9 Å². The number of alkyl halides is 3. The van der Waals surface area contributed by atoms with Crippen LogP contribution in [-0.4, -0.2) is 53.0 Å². The summed E-state index contributed by atoms with van der Waals surface area (Å²) < 4.78 is 44.1. The number of fused-ring (bicyclic) bond motifs is 1. The molecule has 3 rings (SSSR count). The van der Waals surface area contributed by atoms with E-state index >= 15 is 0 Å². The number of ether oxygens (including phenoxy) is 1. The third-order valence-corrected chi connectivity index (χ3v) is 7.40. The van der Waals surface area contributed by atoms with Crippen LogP contribution in [0.2, 0.25) is 0 Å². The second kappa shape index (κ2) is 6.68. The van der Waals surface area contributed by atoms with Gasteiger partial charge in [-0.15, -0.1) is 0 Å². The minimum Gasteiger partial charge on any atom is -0.494 e. The molecule has 0 bridgehead atoms. The van der Waals surface area contributed by atoms with Gasteiger partial charge in [-0.2, -0.15) is 13.2 Å². The van der Waals surface area contributed by atoms with Crippen LogP contribution in [0.5, 0.6) is 5.75 Å². The summed E-state index contributed by atoms with van der Waals surface area (Å²) in [5.74, 6) is 1.51. The predicted octanol–water partition coefficient (Wildman–Crippen LogP) is 3.55. The Morgan fingerprint density at radius 3 is 2.58 bits per heavy atom. The summed E-state index contributed by atoms with van der Waals surface area (Å²) in [5, 5.41) is 3.16. The molecule has 1 saturated heterocycles. The summed E-state index contributed by atoms with van der Waals surface area (Å²) in [4.78, 5) is 18.8. The van der Waals surface area contributed by atoms with Crippen LogP contribution in [0.15, 0.2) is 12.3 Å². The summed E-state index contributed by atoms with van der Waals surface area (Å²) in [6, 6.07) is 1.48. The van der Waals surface area contributed by atoms with E-state index in [9.17, 15) is 18.0 Å². The van der Waals surface area contributed by atoms with Gasteiger partial charge in [-0.05, 0) is 42.9 Å². The van der Waals surface area contributed by atoms with Crippen molar-refractivity contribution in [1.29, 1.82) is 0 Å². The topological polar surface area (TPSA) is 67.0 Å². The Bertz CT molecular complexity index is 823. The quantitative estimate of drug-likeness (QED) is 0.844. The lowest BCUT2D eigenvalue weighted by Crippen LogP contribution is -2.39. The Hall–Kier alpha value is -1.90. The number of rotatable bonds is 3. The van der Waals surface area contributed by atoms with Crippen molar-refractivity contribution in [2.45, 2.75) is 25.1 Å². The number of carbonyl (C=O) groups is 1. The first-order chi connectivity index (χ1) is 12.1. The standard InChI is InChI=1S/C17H22F3N3O2S/c1-25-14-11-8-12(23-13(11)9-21-15(14)17(18,19)20)16(24)22-10-4-6-26(2,3)7-5-10/h8-10,23H,4-7H2,1-3H3,(H,22,24). The molecule has 0 saturated carbocycles. The molecule has 144 valence electrons. The molecule has 2 aromatic heterocycles. The maximum atomic E-state index is 13.1. The van der Waals surface area contributed by atoms with Gasteiger partial charge in [0.05, 0.1) is 18.8 Å². The van der Waals surface area contributed by atoms with E-state index in [4.69, 9.17) is 4.74 Å². The van der Waals surface area contributed by atoms with E-state index in [0.29, 0.717) is 5.52 Å². The van der Waals surface area contributed by atoms with Crippen molar-refractivity contribution in [2.24, 2.45) is 0 Å². The molecular weight excluding hydrogens is 367 g/mol. The molecule has 1 aliphatic heterocycles. The molecule has 9 heteroatoms. The number of H-pyrrole nitrogens is 1. The van der Waals surface area contributed by atoms with Crippen LogP contribution < -0.4 is 10.1 Å². The summed E-state index contributed by atoms with van der Waals surface area (Å²) in [7, 11) is 0.602. The zero-order valence-electron chi connectivity index (χ0n) is 14.9. The smallest absolute Gasteiger partial charge is 0.437 e. The lowest BCUT2D eigenvalue weighted by Gasteiger charge is -2.39. The van der Waals surface area contributed by atoms with Gasteiger partial charge < -0.3 is 15.0 Å². The summed E-state index contributed by atoms with van der Waals surface area (Å²) in [6.45, 7) is 0. The number of carbonyl (C=O) groups excluding carboxylic acids is 1.